The molecule has 1 fully saturated rings. The lowest BCUT2D eigenvalue weighted by atomic mass is 9.63. The fourth-order valence-corrected chi connectivity index (χ4v) is 8.23. The Balaban J connectivity index is 1.20. The average Bonchev–Trinajstić information content (AvgIpc) is 3.41. The number of rotatable bonds is 6. The van der Waals surface area contributed by atoms with Crippen molar-refractivity contribution in [1.82, 2.24) is 9.88 Å². The third-order valence-corrected chi connectivity index (χ3v) is 11.6. The second-order valence-corrected chi connectivity index (χ2v) is 15.7. The van der Waals surface area contributed by atoms with Gasteiger partial charge in [-0.15, -0.1) is 11.3 Å². The van der Waals surface area contributed by atoms with Crippen molar-refractivity contribution in [2.24, 2.45) is 0 Å². The summed E-state index contributed by atoms with van der Waals surface area (Å²) in [6.07, 6.45) is 4.06. The number of amides is 1. The molecule has 2 aliphatic rings. The molecule has 5 rings (SSSR count). The molecule has 0 N–H and O–H groups in total. The third-order valence-electron chi connectivity index (χ3n) is 8.62. The average molecular weight is 585 g/mol. The van der Waals surface area contributed by atoms with Crippen molar-refractivity contribution in [3.8, 4) is 11.3 Å². The Morgan fingerprint density at radius 2 is 1.64 bits per heavy atom. The number of benzene rings is 2. The normalized spacial score (nSPS) is 19.1. The Labute approximate surface area is 241 Å². The zero-order chi connectivity index (χ0) is 28.0. The number of thiazole rings is 1. The summed E-state index contributed by atoms with van der Waals surface area (Å²) in [6, 6.07) is 13.0. The van der Waals surface area contributed by atoms with Crippen molar-refractivity contribution in [3.05, 3.63) is 69.0 Å². The highest BCUT2D eigenvalue weighted by Crippen LogP contribution is 2.47. The van der Waals surface area contributed by atoms with Gasteiger partial charge in [0, 0.05) is 41.4 Å². The SMILES string of the molecule is CC1(C)CCC(C)(C)c2cc(-c3csc(C4CCN(C(=O)CCS(=O)(=O)c5ccc(Cl)cc5)CC4)n3)ccc21. The predicted octanol–water partition coefficient (Wildman–Crippen LogP) is 7.38. The third kappa shape index (κ3) is 5.96. The highest BCUT2D eigenvalue weighted by molar-refractivity contribution is 7.91. The number of likely N-dealkylation sites (tertiary alicyclic amines) is 1. The quantitative estimate of drug-likeness (QED) is 0.303. The molecule has 2 heterocycles. The van der Waals surface area contributed by atoms with E-state index in [4.69, 9.17) is 16.6 Å². The maximum atomic E-state index is 12.8. The summed E-state index contributed by atoms with van der Waals surface area (Å²) in [6.45, 7) is 10.6. The second-order valence-electron chi connectivity index (χ2n) is 12.3. The first-order valence-electron chi connectivity index (χ1n) is 13.7. The highest BCUT2D eigenvalue weighted by atomic mass is 35.5. The molecule has 0 radical (unpaired) electrons. The van der Waals surface area contributed by atoms with Crippen LogP contribution < -0.4 is 0 Å². The van der Waals surface area contributed by atoms with Crippen molar-refractivity contribution in [1.29, 1.82) is 0 Å². The number of piperidine rings is 1. The molecule has 208 valence electrons. The molecule has 0 bridgehead atoms. The Morgan fingerprint density at radius 3 is 2.31 bits per heavy atom. The van der Waals surface area contributed by atoms with Gasteiger partial charge in [-0.2, -0.15) is 0 Å². The van der Waals surface area contributed by atoms with Crippen LogP contribution in [0.1, 0.15) is 81.9 Å². The first-order valence-corrected chi connectivity index (χ1v) is 16.6. The lowest BCUT2D eigenvalue weighted by Crippen LogP contribution is -2.38. The molecule has 0 unspecified atom stereocenters. The van der Waals surface area contributed by atoms with Crippen LogP contribution in [0.15, 0.2) is 52.7 Å². The van der Waals surface area contributed by atoms with Gasteiger partial charge in [0.15, 0.2) is 9.84 Å². The largest absolute Gasteiger partial charge is 0.343 e. The van der Waals surface area contributed by atoms with Gasteiger partial charge in [-0.3, -0.25) is 4.79 Å². The van der Waals surface area contributed by atoms with Crippen molar-refractivity contribution in [2.75, 3.05) is 18.8 Å². The van der Waals surface area contributed by atoms with Crippen LogP contribution in [0.4, 0.5) is 0 Å². The number of aromatic nitrogens is 1. The summed E-state index contributed by atoms with van der Waals surface area (Å²) >= 11 is 7.57. The number of sulfone groups is 1. The van der Waals surface area contributed by atoms with Crippen LogP contribution in [0.5, 0.6) is 0 Å². The van der Waals surface area contributed by atoms with Gasteiger partial charge in [-0.05, 0) is 78.0 Å². The van der Waals surface area contributed by atoms with E-state index in [1.54, 1.807) is 28.4 Å². The zero-order valence-electron chi connectivity index (χ0n) is 23.2. The topological polar surface area (TPSA) is 67.3 Å². The number of halogens is 1. The maximum absolute atomic E-state index is 12.8. The van der Waals surface area contributed by atoms with Gasteiger partial charge in [0.05, 0.1) is 21.3 Å². The van der Waals surface area contributed by atoms with Crippen molar-refractivity contribution in [2.45, 2.75) is 81.4 Å². The molecule has 0 spiro atoms. The van der Waals surface area contributed by atoms with Crippen molar-refractivity contribution < 1.29 is 13.2 Å². The van der Waals surface area contributed by atoms with E-state index >= 15 is 0 Å². The minimum atomic E-state index is -3.52. The van der Waals surface area contributed by atoms with E-state index in [0.29, 0.717) is 24.0 Å². The summed E-state index contributed by atoms with van der Waals surface area (Å²) in [5.74, 6) is 0.0156. The van der Waals surface area contributed by atoms with Gasteiger partial charge in [-0.1, -0.05) is 51.4 Å². The molecule has 39 heavy (non-hydrogen) atoms. The van der Waals surface area contributed by atoms with Crippen molar-refractivity contribution in [3.63, 3.8) is 0 Å². The van der Waals surface area contributed by atoms with Crippen LogP contribution in [0.3, 0.4) is 0 Å². The van der Waals surface area contributed by atoms with Gasteiger partial charge < -0.3 is 4.90 Å². The monoisotopic (exact) mass is 584 g/mol. The molecule has 1 aliphatic heterocycles. The summed E-state index contributed by atoms with van der Waals surface area (Å²) < 4.78 is 25.2. The standard InChI is InChI=1S/C31H37ClN2O3S2/c1-30(2)14-15-31(3,4)26-19-22(5-10-25(26)30)27-20-38-29(33-27)21-11-16-34(17-12-21)28(35)13-18-39(36,37)24-8-6-23(32)7-9-24/h5-10,19-21H,11-18H2,1-4H3. The maximum Gasteiger partial charge on any atom is 0.223 e. The molecule has 0 atom stereocenters. The number of hydrogen-bond donors (Lipinski definition) is 0. The molecular weight excluding hydrogens is 548 g/mol. The van der Waals surface area contributed by atoms with Gasteiger partial charge in [0.25, 0.3) is 0 Å². The molecule has 5 nitrogen and oxygen atoms in total. The van der Waals surface area contributed by atoms with Crippen LogP contribution in [0.25, 0.3) is 11.3 Å². The first kappa shape index (κ1) is 28.3. The Hall–Kier alpha value is -2.22. The highest BCUT2D eigenvalue weighted by Gasteiger charge is 2.37. The fourth-order valence-electron chi connectivity index (χ4n) is 5.87. The first-order chi connectivity index (χ1) is 18.4. The summed E-state index contributed by atoms with van der Waals surface area (Å²) in [4.78, 5) is 19.8. The summed E-state index contributed by atoms with van der Waals surface area (Å²) in [5.41, 5.74) is 5.46. The second kappa shape index (κ2) is 10.6. The van der Waals surface area contributed by atoms with E-state index in [-0.39, 0.29) is 33.8 Å². The van der Waals surface area contributed by atoms with Crippen molar-refractivity contribution >= 4 is 38.7 Å². The Morgan fingerprint density at radius 1 is 1.00 bits per heavy atom. The van der Waals surface area contributed by atoms with Gasteiger partial charge >= 0.3 is 0 Å². The Kier molecular flexibility index (Phi) is 7.72. The van der Waals surface area contributed by atoms with E-state index in [9.17, 15) is 13.2 Å². The van der Waals surface area contributed by atoms with Crippen LogP contribution in [-0.4, -0.2) is 43.1 Å². The molecular formula is C31H37ClN2O3S2. The molecule has 1 saturated heterocycles. The van der Waals surface area contributed by atoms with E-state index in [2.05, 4.69) is 51.3 Å². The summed E-state index contributed by atoms with van der Waals surface area (Å²) in [7, 11) is -3.52. The summed E-state index contributed by atoms with van der Waals surface area (Å²) in [5, 5.41) is 3.77. The minimum Gasteiger partial charge on any atom is -0.343 e. The lowest BCUT2D eigenvalue weighted by molar-refractivity contribution is -0.131. The lowest BCUT2D eigenvalue weighted by Gasteiger charge is -2.42. The van der Waals surface area contributed by atoms with Crippen LogP contribution in [0.2, 0.25) is 5.02 Å². The molecule has 3 aromatic rings. The van der Waals surface area contributed by atoms with E-state index in [1.807, 2.05) is 0 Å². The zero-order valence-corrected chi connectivity index (χ0v) is 25.6. The molecule has 2 aromatic carbocycles. The van der Waals surface area contributed by atoms with Crippen LogP contribution in [0, 0.1) is 0 Å². The number of hydrogen-bond acceptors (Lipinski definition) is 5. The predicted molar refractivity (Wildman–Crippen MR) is 160 cm³/mol. The van der Waals surface area contributed by atoms with Crippen LogP contribution >= 0.6 is 22.9 Å². The number of fused-ring (bicyclic) bond motifs is 1. The van der Waals surface area contributed by atoms with E-state index in [1.165, 1.54) is 41.7 Å². The number of nitrogens with zero attached hydrogens (tertiary/aromatic N) is 2. The molecule has 8 heteroatoms. The van der Waals surface area contributed by atoms with Gasteiger partial charge in [0.2, 0.25) is 5.91 Å². The smallest absolute Gasteiger partial charge is 0.223 e. The molecule has 1 aromatic heterocycles. The Bertz CT molecular complexity index is 1470. The minimum absolute atomic E-state index is 0.0114. The van der Waals surface area contributed by atoms with Gasteiger partial charge in [-0.25, -0.2) is 13.4 Å². The molecule has 0 saturated carbocycles. The van der Waals surface area contributed by atoms with Crippen LogP contribution in [-0.2, 0) is 25.5 Å². The molecule has 1 aliphatic carbocycles. The number of carbonyl (C=O) groups excluding carboxylic acids is 1. The fraction of sp³-hybridized carbons (Fsp3) is 0.484. The number of carbonyl (C=O) groups is 1. The molecule has 1 amide bonds. The van der Waals surface area contributed by atoms with E-state index in [0.717, 1.165) is 23.5 Å². The van der Waals surface area contributed by atoms with E-state index < -0.39 is 9.84 Å². The van der Waals surface area contributed by atoms with Gasteiger partial charge in [0.1, 0.15) is 0 Å².